The van der Waals surface area contributed by atoms with E-state index in [1.807, 2.05) is 24.0 Å². The Hall–Kier alpha value is -2.82. The number of benzene rings is 2. The van der Waals surface area contributed by atoms with E-state index in [2.05, 4.69) is 17.4 Å². The van der Waals surface area contributed by atoms with Gasteiger partial charge in [-0.2, -0.15) is 0 Å². The summed E-state index contributed by atoms with van der Waals surface area (Å²) in [5.41, 5.74) is 3.05. The van der Waals surface area contributed by atoms with Crippen LogP contribution in [-0.4, -0.2) is 29.9 Å². The van der Waals surface area contributed by atoms with Crippen LogP contribution in [0.5, 0.6) is 5.75 Å². The van der Waals surface area contributed by atoms with E-state index in [4.69, 9.17) is 4.74 Å². The highest BCUT2D eigenvalue weighted by Crippen LogP contribution is 2.22. The minimum Gasteiger partial charge on any atom is -0.494 e. The molecule has 3 rings (SSSR count). The number of nitrogens with zero attached hydrogens (tertiary/aromatic N) is 1. The Kier molecular flexibility index (Phi) is 5.89. The van der Waals surface area contributed by atoms with Crippen molar-refractivity contribution in [1.82, 2.24) is 10.2 Å². The first-order valence-electron chi connectivity index (χ1n) is 9.03. The molecule has 5 heteroatoms. The van der Waals surface area contributed by atoms with Gasteiger partial charge in [0, 0.05) is 31.6 Å². The van der Waals surface area contributed by atoms with Gasteiger partial charge in [-0.3, -0.25) is 9.59 Å². The zero-order valence-corrected chi connectivity index (χ0v) is 15.0. The zero-order valence-electron chi connectivity index (χ0n) is 15.0. The van der Waals surface area contributed by atoms with Gasteiger partial charge in [-0.15, -0.1) is 0 Å². The molecule has 0 fully saturated rings. The minimum absolute atomic E-state index is 0.130. The van der Waals surface area contributed by atoms with E-state index in [-0.39, 0.29) is 11.8 Å². The molecule has 0 unspecified atom stereocenters. The van der Waals surface area contributed by atoms with Gasteiger partial charge >= 0.3 is 0 Å². The lowest BCUT2D eigenvalue weighted by molar-refractivity contribution is -0.131. The van der Waals surface area contributed by atoms with Gasteiger partial charge in [-0.25, -0.2) is 0 Å². The first kappa shape index (κ1) is 18.0. The third-order valence-electron chi connectivity index (χ3n) is 4.47. The molecule has 0 atom stereocenters. The lowest BCUT2D eigenvalue weighted by atomic mass is 10.1. The average molecular weight is 352 g/mol. The largest absolute Gasteiger partial charge is 0.494 e. The van der Waals surface area contributed by atoms with Crippen molar-refractivity contribution in [3.05, 3.63) is 65.2 Å². The van der Waals surface area contributed by atoms with Crippen LogP contribution in [0.25, 0.3) is 0 Å². The number of nitrogens with one attached hydrogen (secondary N) is 1. The quantitative estimate of drug-likeness (QED) is 0.779. The molecule has 1 N–H and O–H groups in total. The Balaban J connectivity index is 1.39. The molecule has 2 aromatic carbocycles. The highest BCUT2D eigenvalue weighted by Gasteiger charge is 2.22. The van der Waals surface area contributed by atoms with Gasteiger partial charge < -0.3 is 15.0 Å². The van der Waals surface area contributed by atoms with Crippen LogP contribution in [0.15, 0.2) is 48.5 Å². The van der Waals surface area contributed by atoms with E-state index >= 15 is 0 Å². The third kappa shape index (κ3) is 4.42. The van der Waals surface area contributed by atoms with Crippen LogP contribution in [-0.2, 0) is 17.9 Å². The van der Waals surface area contributed by atoms with E-state index in [1.54, 1.807) is 24.3 Å². The van der Waals surface area contributed by atoms with Crippen molar-refractivity contribution in [3.63, 3.8) is 0 Å². The number of amides is 2. The summed E-state index contributed by atoms with van der Waals surface area (Å²) in [6, 6.07) is 15.2. The number of hydrogen-bond acceptors (Lipinski definition) is 3. The summed E-state index contributed by atoms with van der Waals surface area (Å²) in [5, 5.41) is 2.86. The number of ether oxygens (including phenoxy) is 1. The van der Waals surface area contributed by atoms with E-state index in [0.717, 1.165) is 5.75 Å². The second kappa shape index (κ2) is 8.52. The maximum Gasteiger partial charge on any atom is 0.251 e. The second-order valence-corrected chi connectivity index (χ2v) is 6.34. The number of carbonyl (C=O) groups excluding carboxylic acids is 2. The Bertz CT molecular complexity index is 746. The average Bonchev–Trinajstić information content (AvgIpc) is 3.10. The molecule has 1 heterocycles. The first-order chi connectivity index (χ1) is 12.7. The lowest BCUT2D eigenvalue weighted by Crippen LogP contribution is -2.28. The topological polar surface area (TPSA) is 58.6 Å². The van der Waals surface area contributed by atoms with Gasteiger partial charge in [-0.05, 0) is 48.7 Å². The highest BCUT2D eigenvalue weighted by atomic mass is 16.5. The van der Waals surface area contributed by atoms with Crippen molar-refractivity contribution in [2.45, 2.75) is 32.9 Å². The third-order valence-corrected chi connectivity index (χ3v) is 4.47. The van der Waals surface area contributed by atoms with Crippen molar-refractivity contribution in [2.24, 2.45) is 0 Å². The Labute approximate surface area is 154 Å². The van der Waals surface area contributed by atoms with Gasteiger partial charge in [0.05, 0.1) is 6.61 Å². The lowest BCUT2D eigenvalue weighted by Gasteiger charge is -2.15. The van der Waals surface area contributed by atoms with Crippen LogP contribution in [0.1, 0.15) is 41.3 Å². The van der Waals surface area contributed by atoms with Crippen LogP contribution in [0.3, 0.4) is 0 Å². The molecule has 26 heavy (non-hydrogen) atoms. The zero-order chi connectivity index (χ0) is 18.4. The second-order valence-electron chi connectivity index (χ2n) is 6.34. The summed E-state index contributed by atoms with van der Waals surface area (Å²) >= 11 is 0. The predicted molar refractivity (Wildman–Crippen MR) is 99.9 cm³/mol. The SMILES string of the molecule is CCOc1ccc(C(=O)NCCCC(=O)N2Cc3ccccc3C2)cc1. The summed E-state index contributed by atoms with van der Waals surface area (Å²) in [6.45, 7) is 4.38. The van der Waals surface area contributed by atoms with Gasteiger partial charge in [0.2, 0.25) is 5.91 Å². The molecule has 1 aliphatic heterocycles. The van der Waals surface area contributed by atoms with Crippen molar-refractivity contribution in [2.75, 3.05) is 13.2 Å². The van der Waals surface area contributed by atoms with E-state index in [1.165, 1.54) is 11.1 Å². The van der Waals surface area contributed by atoms with Gasteiger partial charge in [0.15, 0.2) is 0 Å². The molecule has 0 saturated carbocycles. The molecule has 0 aromatic heterocycles. The Morgan fingerprint density at radius 2 is 1.69 bits per heavy atom. The van der Waals surface area contributed by atoms with Gasteiger partial charge in [0.1, 0.15) is 5.75 Å². The first-order valence-corrected chi connectivity index (χ1v) is 9.03. The molecule has 5 nitrogen and oxygen atoms in total. The van der Waals surface area contributed by atoms with Crippen molar-refractivity contribution in [3.8, 4) is 5.75 Å². The van der Waals surface area contributed by atoms with Crippen molar-refractivity contribution >= 4 is 11.8 Å². The standard InChI is InChI=1S/C21H24N2O3/c1-2-26-19-11-9-16(10-12-19)21(25)22-13-5-8-20(24)23-14-17-6-3-4-7-18(17)15-23/h3-4,6-7,9-12H,2,5,8,13-15H2,1H3,(H,22,25). The Morgan fingerprint density at radius 1 is 1.04 bits per heavy atom. The van der Waals surface area contributed by atoms with E-state index in [0.29, 0.717) is 44.6 Å². The fourth-order valence-corrected chi connectivity index (χ4v) is 3.08. The maximum atomic E-state index is 12.3. The minimum atomic E-state index is -0.130. The van der Waals surface area contributed by atoms with E-state index in [9.17, 15) is 9.59 Å². The number of hydrogen-bond donors (Lipinski definition) is 1. The summed E-state index contributed by atoms with van der Waals surface area (Å²) < 4.78 is 5.36. The van der Waals surface area contributed by atoms with Crippen LogP contribution in [0.4, 0.5) is 0 Å². The summed E-state index contributed by atoms with van der Waals surface area (Å²) in [4.78, 5) is 26.3. The molecular weight excluding hydrogens is 328 g/mol. The number of carbonyl (C=O) groups is 2. The summed E-state index contributed by atoms with van der Waals surface area (Å²) in [6.07, 6.45) is 1.08. The molecule has 1 aliphatic rings. The summed E-state index contributed by atoms with van der Waals surface area (Å²) in [5.74, 6) is 0.756. The molecule has 0 saturated heterocycles. The molecule has 0 aliphatic carbocycles. The monoisotopic (exact) mass is 352 g/mol. The molecule has 2 aromatic rings. The highest BCUT2D eigenvalue weighted by molar-refractivity contribution is 5.94. The summed E-state index contributed by atoms with van der Waals surface area (Å²) in [7, 11) is 0. The van der Waals surface area contributed by atoms with E-state index < -0.39 is 0 Å². The predicted octanol–water partition coefficient (Wildman–Crippen LogP) is 3.14. The number of rotatable bonds is 7. The molecule has 0 spiro atoms. The fourth-order valence-electron chi connectivity index (χ4n) is 3.08. The maximum absolute atomic E-state index is 12.3. The molecule has 2 amide bonds. The van der Waals surface area contributed by atoms with Crippen LogP contribution in [0, 0.1) is 0 Å². The number of fused-ring (bicyclic) bond motifs is 1. The fraction of sp³-hybridized carbons (Fsp3) is 0.333. The normalized spacial score (nSPS) is 12.6. The smallest absolute Gasteiger partial charge is 0.251 e. The van der Waals surface area contributed by atoms with Gasteiger partial charge in [-0.1, -0.05) is 24.3 Å². The van der Waals surface area contributed by atoms with Crippen LogP contribution >= 0.6 is 0 Å². The molecule has 0 radical (unpaired) electrons. The Morgan fingerprint density at radius 3 is 2.31 bits per heavy atom. The molecule has 136 valence electrons. The van der Waals surface area contributed by atoms with Crippen molar-refractivity contribution in [1.29, 1.82) is 0 Å². The van der Waals surface area contributed by atoms with Crippen LogP contribution < -0.4 is 10.1 Å². The van der Waals surface area contributed by atoms with Crippen molar-refractivity contribution < 1.29 is 14.3 Å². The van der Waals surface area contributed by atoms with Crippen LogP contribution in [0.2, 0.25) is 0 Å². The molecular formula is C21H24N2O3. The van der Waals surface area contributed by atoms with Gasteiger partial charge in [0.25, 0.3) is 5.91 Å². The molecule has 0 bridgehead atoms.